The minimum Gasteiger partial charge on any atom is -0.392 e. The fourth-order valence-corrected chi connectivity index (χ4v) is 7.72. The molecule has 8 aromatic rings. The van der Waals surface area contributed by atoms with Crippen molar-refractivity contribution in [1.82, 2.24) is 4.98 Å². The Hall–Kier alpha value is -5.68. The fraction of sp³-hybridized carbons (Fsp3) is 0.0698. The Morgan fingerprint density at radius 2 is 1.26 bits per heavy atom. The van der Waals surface area contributed by atoms with Gasteiger partial charge in [0.25, 0.3) is 12.3 Å². The molecular weight excluding hydrogens is 573 g/mol. The van der Waals surface area contributed by atoms with Crippen molar-refractivity contribution in [2.24, 2.45) is 5.73 Å². The summed E-state index contributed by atoms with van der Waals surface area (Å²) in [4.78, 5) is 4.70. The highest BCUT2D eigenvalue weighted by molar-refractivity contribution is 6.12. The number of quaternary nitrogens is 2. The Bertz CT molecular complexity index is 2550. The van der Waals surface area contributed by atoms with Crippen LogP contribution in [0.2, 0.25) is 0 Å². The van der Waals surface area contributed by atoms with Gasteiger partial charge < -0.3 is 10.7 Å². The van der Waals surface area contributed by atoms with Gasteiger partial charge in [0.15, 0.2) is 0 Å². The van der Waals surface area contributed by atoms with Gasteiger partial charge in [-0.15, -0.1) is 0 Å². The maximum atomic E-state index is 7.07. The maximum Gasteiger partial charge on any atom is 0.267 e. The molecule has 1 aliphatic heterocycles. The van der Waals surface area contributed by atoms with E-state index in [1.54, 1.807) is 0 Å². The van der Waals surface area contributed by atoms with E-state index in [0.29, 0.717) is 0 Å². The minimum atomic E-state index is 0.0183. The highest BCUT2D eigenvalue weighted by Gasteiger charge is 2.52. The van der Waals surface area contributed by atoms with E-state index in [0.717, 1.165) is 11.2 Å². The van der Waals surface area contributed by atoms with Crippen molar-refractivity contribution in [2.45, 2.75) is 19.3 Å². The quantitative estimate of drug-likeness (QED) is 0.117. The van der Waals surface area contributed by atoms with E-state index in [9.17, 15) is 0 Å². The second-order valence-electron chi connectivity index (χ2n) is 12.8. The van der Waals surface area contributed by atoms with Crippen LogP contribution in [0, 0.1) is 0 Å². The molecule has 1 fully saturated rings. The molecule has 4 nitrogen and oxygen atoms in total. The number of allylic oxidation sites excluding steroid dienone is 3. The average molecular weight is 609 g/mol. The van der Waals surface area contributed by atoms with E-state index in [1.807, 2.05) is 6.20 Å². The summed E-state index contributed by atoms with van der Waals surface area (Å²) >= 11 is 0. The van der Waals surface area contributed by atoms with E-state index in [4.69, 9.17) is 5.73 Å². The fourth-order valence-electron chi connectivity index (χ4n) is 7.72. The first-order valence-corrected chi connectivity index (χ1v) is 16.4. The number of hydrogen-bond donors (Lipinski definition) is 4. The van der Waals surface area contributed by atoms with Gasteiger partial charge in [0, 0.05) is 23.2 Å². The zero-order valence-electron chi connectivity index (χ0n) is 26.2. The Morgan fingerprint density at radius 3 is 2.00 bits per heavy atom. The van der Waals surface area contributed by atoms with Crippen molar-refractivity contribution in [2.75, 3.05) is 0 Å². The number of aromatic nitrogens is 1. The molecule has 47 heavy (non-hydrogen) atoms. The molecule has 7 aromatic carbocycles. The largest absolute Gasteiger partial charge is 0.392 e. The van der Waals surface area contributed by atoms with Crippen LogP contribution in [0.15, 0.2) is 158 Å². The summed E-state index contributed by atoms with van der Waals surface area (Å²) in [6.07, 6.45) is 6.42. The summed E-state index contributed by atoms with van der Waals surface area (Å²) in [6.45, 7) is 2.16. The molecule has 0 aliphatic carbocycles. The molecule has 226 valence electrons. The second-order valence-corrected chi connectivity index (χ2v) is 12.8. The third-order valence-corrected chi connectivity index (χ3v) is 10.2. The number of nitrogens with one attached hydrogen (secondary N) is 2. The minimum absolute atomic E-state index is 0.0183. The molecule has 1 saturated heterocycles. The first-order valence-electron chi connectivity index (χ1n) is 16.4. The van der Waals surface area contributed by atoms with Crippen molar-refractivity contribution in [3.8, 4) is 0 Å². The molecule has 3 atom stereocenters. The van der Waals surface area contributed by atoms with Gasteiger partial charge in [0.2, 0.25) is 0 Å². The van der Waals surface area contributed by atoms with Crippen LogP contribution in [0.4, 0.5) is 5.69 Å². The van der Waals surface area contributed by atoms with Crippen molar-refractivity contribution in [1.29, 1.82) is 0 Å². The lowest BCUT2D eigenvalue weighted by molar-refractivity contribution is -1.21. The SMILES string of the molecule is C/C(=C\C=C(/N)C1[NH2+]C(c2cc3ccccc3c3ccccc23)[NH+]1c1cc2ccccc2c2ccccc12)c1ccc2cc[nH]c2c1. The summed E-state index contributed by atoms with van der Waals surface area (Å²) in [7, 11) is 0. The second kappa shape index (κ2) is 11.0. The molecular formula is C43H36N4+2. The molecule has 0 radical (unpaired) electrons. The van der Waals surface area contributed by atoms with Crippen molar-refractivity contribution >= 4 is 65.3 Å². The number of benzene rings is 7. The van der Waals surface area contributed by atoms with E-state index in [1.165, 1.54) is 75.8 Å². The first kappa shape index (κ1) is 27.6. The molecule has 6 N–H and O–H groups in total. The summed E-state index contributed by atoms with van der Waals surface area (Å²) in [5.41, 5.74) is 14.0. The van der Waals surface area contributed by atoms with Crippen molar-refractivity contribution < 1.29 is 10.2 Å². The molecule has 9 rings (SSSR count). The predicted molar refractivity (Wildman–Crippen MR) is 196 cm³/mol. The molecule has 1 aromatic heterocycles. The Labute approximate surface area is 273 Å². The highest BCUT2D eigenvalue weighted by atomic mass is 15.5. The van der Waals surface area contributed by atoms with Gasteiger partial charge in [-0.3, -0.25) is 0 Å². The normalized spacial score (nSPS) is 18.8. The van der Waals surface area contributed by atoms with Crippen LogP contribution >= 0.6 is 0 Å². The van der Waals surface area contributed by atoms with E-state index >= 15 is 0 Å². The highest BCUT2D eigenvalue weighted by Crippen LogP contribution is 2.34. The molecule has 2 heterocycles. The van der Waals surface area contributed by atoms with Gasteiger partial charge in [0.1, 0.15) is 11.4 Å². The smallest absolute Gasteiger partial charge is 0.267 e. The number of aromatic amines is 1. The predicted octanol–water partition coefficient (Wildman–Crippen LogP) is 7.85. The van der Waals surface area contributed by atoms with Crippen LogP contribution < -0.4 is 16.0 Å². The van der Waals surface area contributed by atoms with Gasteiger partial charge in [-0.05, 0) is 91.5 Å². The summed E-state index contributed by atoms with van der Waals surface area (Å²) in [6, 6.07) is 48.6. The lowest BCUT2D eigenvalue weighted by Gasteiger charge is -2.42. The van der Waals surface area contributed by atoms with Gasteiger partial charge in [-0.2, -0.15) is 4.90 Å². The Balaban J connectivity index is 1.20. The van der Waals surface area contributed by atoms with Crippen molar-refractivity contribution in [3.63, 3.8) is 0 Å². The number of H-pyrrole nitrogens is 1. The number of fused-ring (bicyclic) bond motifs is 7. The van der Waals surface area contributed by atoms with E-state index < -0.39 is 0 Å². The zero-order chi connectivity index (χ0) is 31.5. The summed E-state index contributed by atoms with van der Waals surface area (Å²) < 4.78 is 0. The lowest BCUT2D eigenvalue weighted by Crippen LogP contribution is -3.42. The summed E-state index contributed by atoms with van der Waals surface area (Å²) in [5, 5.41) is 13.9. The number of hydrogen-bond acceptors (Lipinski definition) is 1. The van der Waals surface area contributed by atoms with E-state index in [-0.39, 0.29) is 12.3 Å². The third kappa shape index (κ3) is 4.53. The number of nitrogens with two attached hydrogens (primary N) is 2. The maximum absolute atomic E-state index is 7.07. The molecule has 1 aliphatic rings. The van der Waals surface area contributed by atoms with Crippen LogP contribution in [-0.2, 0) is 0 Å². The third-order valence-electron chi connectivity index (χ3n) is 10.2. The van der Waals surface area contributed by atoms with Gasteiger partial charge in [-0.1, -0.05) is 109 Å². The molecule has 0 bridgehead atoms. The monoisotopic (exact) mass is 608 g/mol. The molecule has 0 spiro atoms. The Kier molecular flexibility index (Phi) is 6.46. The Morgan fingerprint density at radius 1 is 0.638 bits per heavy atom. The van der Waals surface area contributed by atoms with E-state index in [2.05, 4.69) is 163 Å². The van der Waals surface area contributed by atoms with Crippen LogP contribution in [0.1, 0.15) is 24.2 Å². The molecule has 3 unspecified atom stereocenters. The van der Waals surface area contributed by atoms with Crippen LogP contribution in [-0.4, -0.2) is 11.1 Å². The molecule has 0 saturated carbocycles. The van der Waals surface area contributed by atoms with Crippen LogP contribution in [0.5, 0.6) is 0 Å². The lowest BCUT2D eigenvalue weighted by atomic mass is 9.91. The zero-order valence-corrected chi connectivity index (χ0v) is 26.2. The average Bonchev–Trinajstić information content (AvgIpc) is 3.59. The molecule has 4 heteroatoms. The van der Waals surface area contributed by atoms with Gasteiger partial charge >= 0.3 is 0 Å². The standard InChI is InChI=1S/C43H34N4/c1-27(29-20-19-28-22-23-45-40(28)25-29)18-21-39(44)43-46-42(38-24-30-10-2-4-12-32(30)34-14-6-7-16-36(34)38)47(43)41-26-31-11-3-5-13-33(31)35-15-8-9-17-37(35)41/h2-26,42-43,45-46H,44H2,1H3/p+2/b27-18+,39-21-. The summed E-state index contributed by atoms with van der Waals surface area (Å²) in [5.74, 6) is 0. The van der Waals surface area contributed by atoms with Crippen LogP contribution in [0.3, 0.4) is 0 Å². The van der Waals surface area contributed by atoms with Crippen molar-refractivity contribution in [3.05, 3.63) is 169 Å². The van der Waals surface area contributed by atoms with Crippen LogP contribution in [0.25, 0.3) is 59.6 Å². The van der Waals surface area contributed by atoms with Gasteiger partial charge in [-0.25, -0.2) is 5.32 Å². The number of rotatable bonds is 5. The first-order chi connectivity index (χ1) is 23.1. The molecule has 0 amide bonds. The topological polar surface area (TPSA) is 62.9 Å². The van der Waals surface area contributed by atoms with Gasteiger partial charge in [0.05, 0.1) is 5.56 Å².